The summed E-state index contributed by atoms with van der Waals surface area (Å²) in [6.45, 7) is 0.576. The Balaban J connectivity index is 1.82. The van der Waals surface area contributed by atoms with Crippen LogP contribution < -0.4 is 0 Å². The van der Waals surface area contributed by atoms with Crippen LogP contribution in [-0.4, -0.2) is 33.7 Å². The number of carbonyl (C=O) groups excluding carboxylic acids is 1. The van der Waals surface area contributed by atoms with E-state index in [4.69, 9.17) is 0 Å². The van der Waals surface area contributed by atoms with Gasteiger partial charge in [-0.2, -0.15) is 0 Å². The van der Waals surface area contributed by atoms with Crippen LogP contribution in [0.25, 0.3) is 0 Å². The minimum absolute atomic E-state index is 0.0242. The Labute approximate surface area is 119 Å². The third-order valence-electron chi connectivity index (χ3n) is 4.71. The number of nitrogens with zero attached hydrogens (tertiary/aromatic N) is 1. The molecule has 0 saturated heterocycles. The second-order valence-corrected chi connectivity index (χ2v) is 5.92. The first kappa shape index (κ1) is 13.4. The molecule has 4 nitrogen and oxygen atoms in total. The molecule has 1 atom stereocenters. The number of rotatable bonds is 3. The molecule has 1 aliphatic heterocycles. The molecule has 1 aliphatic carbocycles. The highest BCUT2D eigenvalue weighted by Gasteiger charge is 2.36. The number of hydrogen-bond acceptors (Lipinski definition) is 3. The van der Waals surface area contributed by atoms with Crippen LogP contribution in [0.4, 0.5) is 0 Å². The standard InChI is InChI=1S/C16H21NO3/c18-10-15(11-4-2-1-3-5-11)17-9-12-6-7-13(19)8-14(12)16(17)20/h6-8,11,15,18-19H,1-5,9-10H2/t15-/m1/s1. The third kappa shape index (κ3) is 2.29. The number of aromatic hydroxyl groups is 1. The molecular weight excluding hydrogens is 254 g/mol. The van der Waals surface area contributed by atoms with Gasteiger partial charge in [0, 0.05) is 12.1 Å². The molecular formula is C16H21NO3. The highest BCUT2D eigenvalue weighted by molar-refractivity contribution is 5.99. The summed E-state index contributed by atoms with van der Waals surface area (Å²) < 4.78 is 0. The molecule has 1 fully saturated rings. The van der Waals surface area contributed by atoms with Crippen LogP contribution in [0.1, 0.15) is 48.0 Å². The normalized spacial score (nSPS) is 21.1. The van der Waals surface area contributed by atoms with Crippen molar-refractivity contribution in [2.45, 2.75) is 44.7 Å². The van der Waals surface area contributed by atoms with Crippen molar-refractivity contribution in [1.82, 2.24) is 4.90 Å². The van der Waals surface area contributed by atoms with Crippen molar-refractivity contribution in [1.29, 1.82) is 0 Å². The van der Waals surface area contributed by atoms with Crippen LogP contribution in [0, 0.1) is 5.92 Å². The number of phenolic OH excluding ortho intramolecular Hbond substituents is 1. The lowest BCUT2D eigenvalue weighted by atomic mass is 9.83. The number of amides is 1. The number of benzene rings is 1. The lowest BCUT2D eigenvalue weighted by molar-refractivity contribution is 0.0439. The summed E-state index contributed by atoms with van der Waals surface area (Å²) in [4.78, 5) is 14.3. The number of aliphatic hydroxyl groups is 1. The zero-order valence-electron chi connectivity index (χ0n) is 11.6. The molecule has 3 rings (SSSR count). The molecule has 4 heteroatoms. The summed E-state index contributed by atoms with van der Waals surface area (Å²) in [6, 6.07) is 4.87. The quantitative estimate of drug-likeness (QED) is 0.889. The van der Waals surface area contributed by atoms with Gasteiger partial charge in [0.05, 0.1) is 12.6 Å². The molecule has 2 N–H and O–H groups in total. The fourth-order valence-corrected chi connectivity index (χ4v) is 3.60. The monoisotopic (exact) mass is 275 g/mol. The number of carbonyl (C=O) groups is 1. The fraction of sp³-hybridized carbons (Fsp3) is 0.562. The zero-order chi connectivity index (χ0) is 14.1. The predicted molar refractivity (Wildman–Crippen MR) is 75.4 cm³/mol. The van der Waals surface area contributed by atoms with Crippen molar-refractivity contribution in [2.24, 2.45) is 5.92 Å². The van der Waals surface area contributed by atoms with Crippen LogP contribution >= 0.6 is 0 Å². The Morgan fingerprint density at radius 1 is 1.25 bits per heavy atom. The Bertz CT molecular complexity index is 508. The van der Waals surface area contributed by atoms with Gasteiger partial charge in [-0.25, -0.2) is 0 Å². The van der Waals surface area contributed by atoms with E-state index in [2.05, 4.69) is 0 Å². The van der Waals surface area contributed by atoms with Gasteiger partial charge < -0.3 is 15.1 Å². The number of aliphatic hydroxyl groups excluding tert-OH is 1. The number of phenols is 1. The average molecular weight is 275 g/mol. The van der Waals surface area contributed by atoms with Gasteiger partial charge in [-0.3, -0.25) is 4.79 Å². The molecule has 0 unspecified atom stereocenters. The van der Waals surface area contributed by atoms with Gasteiger partial charge in [0.25, 0.3) is 5.91 Å². The molecule has 0 spiro atoms. The molecule has 2 aliphatic rings. The van der Waals surface area contributed by atoms with Gasteiger partial charge in [0.2, 0.25) is 0 Å². The van der Waals surface area contributed by atoms with E-state index in [1.165, 1.54) is 25.3 Å². The first-order valence-electron chi connectivity index (χ1n) is 7.44. The minimum atomic E-state index is -0.0858. The van der Waals surface area contributed by atoms with Crippen LogP contribution in [0.3, 0.4) is 0 Å². The summed E-state index contributed by atoms with van der Waals surface area (Å²) >= 11 is 0. The molecule has 1 saturated carbocycles. The van der Waals surface area contributed by atoms with E-state index in [0.717, 1.165) is 18.4 Å². The lowest BCUT2D eigenvalue weighted by Gasteiger charge is -2.35. The molecule has 0 radical (unpaired) electrons. The van der Waals surface area contributed by atoms with E-state index in [-0.39, 0.29) is 24.3 Å². The summed E-state index contributed by atoms with van der Waals surface area (Å²) in [5, 5.41) is 19.3. The maximum Gasteiger partial charge on any atom is 0.254 e. The molecule has 0 aromatic heterocycles. The van der Waals surface area contributed by atoms with Gasteiger partial charge in [-0.1, -0.05) is 25.3 Å². The smallest absolute Gasteiger partial charge is 0.254 e. The molecule has 108 valence electrons. The van der Waals surface area contributed by atoms with E-state index in [1.54, 1.807) is 17.0 Å². The van der Waals surface area contributed by atoms with E-state index in [9.17, 15) is 15.0 Å². The SMILES string of the molecule is O=C1c2cc(O)ccc2CN1[C@H](CO)C1CCCCC1. The highest BCUT2D eigenvalue weighted by Crippen LogP contribution is 2.34. The third-order valence-corrected chi connectivity index (χ3v) is 4.71. The Morgan fingerprint density at radius 3 is 2.70 bits per heavy atom. The first-order valence-corrected chi connectivity index (χ1v) is 7.44. The lowest BCUT2D eigenvalue weighted by Crippen LogP contribution is -2.44. The highest BCUT2D eigenvalue weighted by atomic mass is 16.3. The Kier molecular flexibility index (Phi) is 3.66. The van der Waals surface area contributed by atoms with Crippen molar-refractivity contribution < 1.29 is 15.0 Å². The van der Waals surface area contributed by atoms with Crippen molar-refractivity contribution in [3.8, 4) is 5.75 Å². The van der Waals surface area contributed by atoms with E-state index in [0.29, 0.717) is 18.0 Å². The number of fused-ring (bicyclic) bond motifs is 1. The Morgan fingerprint density at radius 2 is 2.00 bits per heavy atom. The van der Waals surface area contributed by atoms with Crippen molar-refractivity contribution >= 4 is 5.91 Å². The summed E-state index contributed by atoms with van der Waals surface area (Å²) in [7, 11) is 0. The Hall–Kier alpha value is -1.55. The fourth-order valence-electron chi connectivity index (χ4n) is 3.60. The van der Waals surface area contributed by atoms with E-state index >= 15 is 0 Å². The van der Waals surface area contributed by atoms with Gasteiger partial charge in [0.15, 0.2) is 0 Å². The molecule has 20 heavy (non-hydrogen) atoms. The van der Waals surface area contributed by atoms with Crippen molar-refractivity contribution in [2.75, 3.05) is 6.61 Å². The van der Waals surface area contributed by atoms with Gasteiger partial charge in [-0.05, 0) is 36.5 Å². The second kappa shape index (κ2) is 5.44. The molecule has 1 heterocycles. The minimum Gasteiger partial charge on any atom is -0.508 e. The van der Waals surface area contributed by atoms with Crippen LogP contribution in [-0.2, 0) is 6.54 Å². The molecule has 1 aromatic rings. The largest absolute Gasteiger partial charge is 0.508 e. The first-order chi connectivity index (χ1) is 9.70. The maximum absolute atomic E-state index is 12.5. The van der Waals surface area contributed by atoms with Crippen LogP contribution in [0.15, 0.2) is 18.2 Å². The van der Waals surface area contributed by atoms with Crippen LogP contribution in [0.2, 0.25) is 0 Å². The number of hydrogen-bond donors (Lipinski definition) is 2. The maximum atomic E-state index is 12.5. The van der Waals surface area contributed by atoms with Gasteiger partial charge in [-0.15, -0.1) is 0 Å². The topological polar surface area (TPSA) is 60.8 Å². The second-order valence-electron chi connectivity index (χ2n) is 5.92. The van der Waals surface area contributed by atoms with Crippen molar-refractivity contribution in [3.63, 3.8) is 0 Å². The summed E-state index contributed by atoms with van der Waals surface area (Å²) in [5.41, 5.74) is 1.53. The van der Waals surface area contributed by atoms with E-state index < -0.39 is 0 Å². The summed E-state index contributed by atoms with van der Waals surface area (Å²) in [6.07, 6.45) is 5.83. The average Bonchev–Trinajstić information content (AvgIpc) is 2.78. The molecule has 1 aromatic carbocycles. The van der Waals surface area contributed by atoms with Gasteiger partial charge in [0.1, 0.15) is 5.75 Å². The van der Waals surface area contributed by atoms with Crippen molar-refractivity contribution in [3.05, 3.63) is 29.3 Å². The predicted octanol–water partition coefficient (Wildman–Crippen LogP) is 2.29. The van der Waals surface area contributed by atoms with Gasteiger partial charge >= 0.3 is 0 Å². The van der Waals surface area contributed by atoms with E-state index in [1.807, 2.05) is 0 Å². The molecule has 1 amide bonds. The van der Waals surface area contributed by atoms with Crippen LogP contribution in [0.5, 0.6) is 5.75 Å². The summed E-state index contributed by atoms with van der Waals surface area (Å²) in [5.74, 6) is 0.471. The zero-order valence-corrected chi connectivity index (χ0v) is 11.6. The molecule has 0 bridgehead atoms.